The third kappa shape index (κ3) is 3.72. The lowest BCUT2D eigenvalue weighted by atomic mass is 10.0. The van der Waals surface area contributed by atoms with Gasteiger partial charge in [-0.25, -0.2) is 0 Å². The molecule has 2 aromatic rings. The topological polar surface area (TPSA) is 50.8 Å². The second-order valence-corrected chi connectivity index (χ2v) is 7.36. The fourth-order valence-corrected chi connectivity index (χ4v) is 3.98. The van der Waals surface area contributed by atoms with Crippen molar-refractivity contribution < 1.29 is 14.3 Å². The lowest BCUT2D eigenvalue weighted by molar-refractivity contribution is 0.0932. The number of amides is 1. The molecule has 5 heteroatoms. The molecule has 1 amide bonds. The van der Waals surface area contributed by atoms with Gasteiger partial charge in [0.15, 0.2) is 11.5 Å². The van der Waals surface area contributed by atoms with Crippen molar-refractivity contribution in [3.8, 4) is 11.5 Å². The summed E-state index contributed by atoms with van der Waals surface area (Å²) in [6, 6.07) is 12.4. The summed E-state index contributed by atoms with van der Waals surface area (Å²) in [5, 5.41) is 3.22. The van der Waals surface area contributed by atoms with Gasteiger partial charge in [-0.3, -0.25) is 4.79 Å². The van der Waals surface area contributed by atoms with Gasteiger partial charge in [0.25, 0.3) is 5.91 Å². The Bertz CT molecular complexity index is 849. The number of fused-ring (bicyclic) bond motifs is 1. The number of hydrogen-bond acceptors (Lipinski definition) is 4. The van der Waals surface area contributed by atoms with Crippen LogP contribution in [0.2, 0.25) is 0 Å². The van der Waals surface area contributed by atoms with Gasteiger partial charge in [0, 0.05) is 42.4 Å². The van der Waals surface area contributed by atoms with E-state index in [1.807, 2.05) is 6.07 Å². The quantitative estimate of drug-likeness (QED) is 0.902. The minimum atomic E-state index is -0.0425. The predicted molar refractivity (Wildman–Crippen MR) is 106 cm³/mol. The van der Waals surface area contributed by atoms with Gasteiger partial charge >= 0.3 is 0 Å². The predicted octanol–water partition coefficient (Wildman–Crippen LogP) is 3.34. The SMILES string of the molecule is COc1cc(C(=O)NC2CCCN(c3cccc(C)c3)C2)cc2c1OCC2. The van der Waals surface area contributed by atoms with E-state index in [2.05, 4.69) is 41.4 Å². The third-order valence-corrected chi connectivity index (χ3v) is 5.36. The molecule has 4 rings (SSSR count). The van der Waals surface area contributed by atoms with Gasteiger partial charge in [-0.05, 0) is 49.6 Å². The monoisotopic (exact) mass is 366 g/mol. The molecular formula is C22H26N2O3. The molecule has 2 aliphatic rings. The van der Waals surface area contributed by atoms with Crippen molar-refractivity contribution in [3.05, 3.63) is 53.1 Å². The summed E-state index contributed by atoms with van der Waals surface area (Å²) in [6.07, 6.45) is 2.89. The van der Waals surface area contributed by atoms with Gasteiger partial charge in [-0.1, -0.05) is 12.1 Å². The molecule has 2 heterocycles. The number of nitrogens with zero attached hydrogens (tertiary/aromatic N) is 1. The lowest BCUT2D eigenvalue weighted by Crippen LogP contribution is -2.47. The molecule has 0 bridgehead atoms. The Hall–Kier alpha value is -2.69. The number of ether oxygens (including phenoxy) is 2. The highest BCUT2D eigenvalue weighted by Crippen LogP contribution is 2.36. The molecule has 0 aliphatic carbocycles. The molecule has 0 spiro atoms. The zero-order chi connectivity index (χ0) is 18.8. The van der Waals surface area contributed by atoms with Crippen LogP contribution in [0.25, 0.3) is 0 Å². The number of aryl methyl sites for hydroxylation is 1. The Morgan fingerprint density at radius 2 is 2.19 bits per heavy atom. The molecule has 0 aromatic heterocycles. The standard InChI is InChI=1S/C22H26N2O3/c1-15-5-3-7-19(11-15)24-9-4-6-18(14-24)23-22(25)17-12-16-8-10-27-21(16)20(13-17)26-2/h3,5,7,11-13,18H,4,6,8-10,14H2,1-2H3,(H,23,25). The number of methoxy groups -OCH3 is 1. The van der Waals surface area contributed by atoms with Crippen LogP contribution in [0, 0.1) is 6.92 Å². The number of hydrogen-bond donors (Lipinski definition) is 1. The number of carbonyl (C=O) groups is 1. The van der Waals surface area contributed by atoms with E-state index in [0.717, 1.165) is 43.7 Å². The van der Waals surface area contributed by atoms with Crippen molar-refractivity contribution in [2.45, 2.75) is 32.2 Å². The Morgan fingerprint density at radius 3 is 3.00 bits per heavy atom. The van der Waals surface area contributed by atoms with Crippen LogP contribution in [0.4, 0.5) is 5.69 Å². The van der Waals surface area contributed by atoms with Crippen LogP contribution >= 0.6 is 0 Å². The average Bonchev–Trinajstić information content (AvgIpc) is 3.16. The van der Waals surface area contributed by atoms with Crippen molar-refractivity contribution in [1.29, 1.82) is 0 Å². The zero-order valence-electron chi connectivity index (χ0n) is 16.0. The van der Waals surface area contributed by atoms with Crippen LogP contribution in [-0.4, -0.2) is 38.8 Å². The first-order valence-corrected chi connectivity index (χ1v) is 9.60. The van der Waals surface area contributed by atoms with Crippen LogP contribution in [0.1, 0.15) is 34.3 Å². The van der Waals surface area contributed by atoms with E-state index >= 15 is 0 Å². The van der Waals surface area contributed by atoms with Crippen molar-refractivity contribution in [2.24, 2.45) is 0 Å². The number of anilines is 1. The fourth-order valence-electron chi connectivity index (χ4n) is 3.98. The first-order chi connectivity index (χ1) is 13.1. The van der Waals surface area contributed by atoms with Gasteiger partial charge in [-0.15, -0.1) is 0 Å². The Morgan fingerprint density at radius 1 is 1.30 bits per heavy atom. The van der Waals surface area contributed by atoms with Crippen molar-refractivity contribution >= 4 is 11.6 Å². The second kappa shape index (κ2) is 7.51. The van der Waals surface area contributed by atoms with E-state index < -0.39 is 0 Å². The molecule has 27 heavy (non-hydrogen) atoms. The van der Waals surface area contributed by atoms with Crippen LogP contribution in [0.15, 0.2) is 36.4 Å². The highest BCUT2D eigenvalue weighted by atomic mass is 16.5. The van der Waals surface area contributed by atoms with E-state index in [9.17, 15) is 4.79 Å². The van der Waals surface area contributed by atoms with Gasteiger partial charge in [-0.2, -0.15) is 0 Å². The molecule has 142 valence electrons. The smallest absolute Gasteiger partial charge is 0.251 e. The summed E-state index contributed by atoms with van der Waals surface area (Å²) in [4.78, 5) is 15.2. The molecular weight excluding hydrogens is 340 g/mol. The molecule has 1 saturated heterocycles. The molecule has 2 aromatic carbocycles. The molecule has 0 saturated carbocycles. The molecule has 1 atom stereocenters. The zero-order valence-corrected chi connectivity index (χ0v) is 16.0. The highest BCUT2D eigenvalue weighted by Gasteiger charge is 2.25. The van der Waals surface area contributed by atoms with Crippen molar-refractivity contribution in [3.63, 3.8) is 0 Å². The number of benzene rings is 2. The normalized spacial score (nSPS) is 18.6. The van der Waals surface area contributed by atoms with Crippen LogP contribution in [-0.2, 0) is 6.42 Å². The summed E-state index contributed by atoms with van der Waals surface area (Å²) in [5.74, 6) is 1.37. The molecule has 0 radical (unpaired) electrons. The van der Waals surface area contributed by atoms with Crippen molar-refractivity contribution in [2.75, 3.05) is 31.7 Å². The van der Waals surface area contributed by atoms with E-state index in [0.29, 0.717) is 17.9 Å². The van der Waals surface area contributed by atoms with E-state index in [1.165, 1.54) is 11.3 Å². The molecule has 1 fully saturated rings. The number of rotatable bonds is 4. The minimum Gasteiger partial charge on any atom is -0.493 e. The maximum atomic E-state index is 12.9. The summed E-state index contributed by atoms with van der Waals surface area (Å²) < 4.78 is 11.0. The first-order valence-electron chi connectivity index (χ1n) is 9.60. The molecule has 2 aliphatic heterocycles. The largest absolute Gasteiger partial charge is 0.493 e. The van der Waals surface area contributed by atoms with Crippen molar-refractivity contribution in [1.82, 2.24) is 5.32 Å². The maximum absolute atomic E-state index is 12.9. The van der Waals surface area contributed by atoms with Crippen LogP contribution in [0.5, 0.6) is 11.5 Å². The first kappa shape index (κ1) is 17.7. The minimum absolute atomic E-state index is 0.0425. The molecule has 1 N–H and O–H groups in total. The Kier molecular flexibility index (Phi) is 4.92. The second-order valence-electron chi connectivity index (χ2n) is 7.36. The van der Waals surface area contributed by atoms with Crippen LogP contribution in [0.3, 0.4) is 0 Å². The van der Waals surface area contributed by atoms with E-state index in [1.54, 1.807) is 13.2 Å². The number of nitrogens with one attached hydrogen (secondary N) is 1. The van der Waals surface area contributed by atoms with E-state index in [-0.39, 0.29) is 11.9 Å². The summed E-state index contributed by atoms with van der Waals surface area (Å²) in [7, 11) is 1.61. The van der Waals surface area contributed by atoms with Gasteiger partial charge < -0.3 is 19.7 Å². The van der Waals surface area contributed by atoms with Gasteiger partial charge in [0.05, 0.1) is 13.7 Å². The molecule has 5 nitrogen and oxygen atoms in total. The third-order valence-electron chi connectivity index (χ3n) is 5.36. The van der Waals surface area contributed by atoms with E-state index in [4.69, 9.17) is 9.47 Å². The number of piperidine rings is 1. The van der Waals surface area contributed by atoms with Gasteiger partial charge in [0.1, 0.15) is 0 Å². The summed E-state index contributed by atoms with van der Waals surface area (Å²) in [5.41, 5.74) is 4.17. The fraction of sp³-hybridized carbons (Fsp3) is 0.409. The highest BCUT2D eigenvalue weighted by molar-refractivity contribution is 5.95. The molecule has 1 unspecified atom stereocenters. The van der Waals surface area contributed by atoms with Gasteiger partial charge in [0.2, 0.25) is 0 Å². The lowest BCUT2D eigenvalue weighted by Gasteiger charge is -2.35. The average molecular weight is 366 g/mol. The Balaban J connectivity index is 1.46. The number of carbonyl (C=O) groups excluding carboxylic acids is 1. The van der Waals surface area contributed by atoms with Crippen LogP contribution < -0.4 is 19.7 Å². The summed E-state index contributed by atoms with van der Waals surface area (Å²) in [6.45, 7) is 4.61. The summed E-state index contributed by atoms with van der Waals surface area (Å²) >= 11 is 0. The maximum Gasteiger partial charge on any atom is 0.251 e. The Labute approximate surface area is 160 Å².